The van der Waals surface area contributed by atoms with E-state index in [1.807, 2.05) is 0 Å². The molecule has 0 aliphatic carbocycles. The fraction of sp³-hybridized carbons (Fsp3) is 0.917. The minimum atomic E-state index is -0.680. The molecule has 4 nitrogen and oxygen atoms in total. The number of hydrogen-bond acceptors (Lipinski definition) is 3. The van der Waals surface area contributed by atoms with Crippen LogP contribution in [0.2, 0.25) is 0 Å². The van der Waals surface area contributed by atoms with Crippen molar-refractivity contribution in [3.8, 4) is 0 Å². The number of hydrogen-bond donors (Lipinski definition) is 2. The van der Waals surface area contributed by atoms with Gasteiger partial charge < -0.3 is 10.4 Å². The number of likely N-dealkylation sites (tertiary alicyclic amines) is 1. The van der Waals surface area contributed by atoms with Crippen molar-refractivity contribution in [2.75, 3.05) is 26.2 Å². The largest absolute Gasteiger partial charge is 0.480 e. The molecule has 1 atom stereocenters. The van der Waals surface area contributed by atoms with Crippen LogP contribution < -0.4 is 5.32 Å². The Morgan fingerprint density at radius 3 is 2.59 bits per heavy atom. The number of carbonyl (C=O) groups is 1. The first-order chi connectivity index (χ1) is 7.77. The van der Waals surface area contributed by atoms with Crippen LogP contribution in [0, 0.1) is 5.92 Å². The van der Waals surface area contributed by atoms with Crippen molar-refractivity contribution in [1.82, 2.24) is 10.2 Å². The Labute approximate surface area is 109 Å². The van der Waals surface area contributed by atoms with Crippen molar-refractivity contribution in [2.24, 2.45) is 5.92 Å². The van der Waals surface area contributed by atoms with Crippen LogP contribution in [0.25, 0.3) is 0 Å². The minimum Gasteiger partial charge on any atom is -0.480 e. The summed E-state index contributed by atoms with van der Waals surface area (Å²) in [4.78, 5) is 13.0. The second-order valence-electron chi connectivity index (χ2n) is 5.01. The van der Waals surface area contributed by atoms with E-state index >= 15 is 0 Å². The van der Waals surface area contributed by atoms with Crippen molar-refractivity contribution in [2.45, 2.75) is 38.1 Å². The van der Waals surface area contributed by atoms with Crippen LogP contribution in [-0.4, -0.2) is 48.2 Å². The van der Waals surface area contributed by atoms with Gasteiger partial charge in [-0.15, -0.1) is 12.4 Å². The second kappa shape index (κ2) is 7.19. The highest BCUT2D eigenvalue weighted by atomic mass is 35.5. The highest BCUT2D eigenvalue weighted by Gasteiger charge is 2.31. The summed E-state index contributed by atoms with van der Waals surface area (Å²) >= 11 is 0. The molecule has 0 spiro atoms. The molecule has 0 amide bonds. The van der Waals surface area contributed by atoms with E-state index in [1.54, 1.807) is 0 Å². The third-order valence-corrected chi connectivity index (χ3v) is 3.93. The summed E-state index contributed by atoms with van der Waals surface area (Å²) in [5.41, 5.74) is 0. The van der Waals surface area contributed by atoms with Gasteiger partial charge in [-0.2, -0.15) is 0 Å². The molecule has 2 saturated heterocycles. The van der Waals surface area contributed by atoms with Crippen molar-refractivity contribution in [1.29, 1.82) is 0 Å². The molecule has 0 bridgehead atoms. The summed E-state index contributed by atoms with van der Waals surface area (Å²) in [5.74, 6) is 0.0294. The fourth-order valence-electron chi connectivity index (χ4n) is 3.15. The summed E-state index contributed by atoms with van der Waals surface area (Å²) in [6.07, 6.45) is 6.04. The number of nitrogens with zero attached hydrogens (tertiary/aromatic N) is 1. The summed E-state index contributed by atoms with van der Waals surface area (Å²) in [7, 11) is 0. The maximum absolute atomic E-state index is 10.8. The normalized spacial score (nSPS) is 27.4. The molecule has 0 aromatic carbocycles. The van der Waals surface area contributed by atoms with Crippen LogP contribution in [0.4, 0.5) is 0 Å². The van der Waals surface area contributed by atoms with Gasteiger partial charge >= 0.3 is 5.97 Å². The summed E-state index contributed by atoms with van der Waals surface area (Å²) < 4.78 is 0. The lowest BCUT2D eigenvalue weighted by Gasteiger charge is -2.41. The minimum absolute atomic E-state index is 0. The zero-order chi connectivity index (χ0) is 11.4. The molecule has 0 saturated carbocycles. The van der Waals surface area contributed by atoms with Gasteiger partial charge in [0, 0.05) is 6.04 Å². The maximum atomic E-state index is 10.8. The first kappa shape index (κ1) is 14.7. The molecule has 0 aromatic heterocycles. The highest BCUT2D eigenvalue weighted by molar-refractivity contribution is 5.85. The van der Waals surface area contributed by atoms with Crippen molar-refractivity contribution in [3.05, 3.63) is 0 Å². The Morgan fingerprint density at radius 2 is 1.94 bits per heavy atom. The first-order valence-corrected chi connectivity index (χ1v) is 6.44. The van der Waals surface area contributed by atoms with E-state index in [0.717, 1.165) is 26.1 Å². The van der Waals surface area contributed by atoms with E-state index in [4.69, 9.17) is 5.11 Å². The van der Waals surface area contributed by atoms with Crippen molar-refractivity contribution in [3.63, 3.8) is 0 Å². The third-order valence-electron chi connectivity index (χ3n) is 3.93. The topological polar surface area (TPSA) is 52.6 Å². The zero-order valence-electron chi connectivity index (χ0n) is 10.2. The Balaban J connectivity index is 0.00000144. The molecule has 2 rings (SSSR count). The van der Waals surface area contributed by atoms with Crippen LogP contribution in [0.1, 0.15) is 32.1 Å². The second-order valence-corrected chi connectivity index (χ2v) is 5.01. The van der Waals surface area contributed by atoms with Crippen molar-refractivity contribution >= 4 is 18.4 Å². The predicted molar refractivity (Wildman–Crippen MR) is 69.7 cm³/mol. The Morgan fingerprint density at radius 1 is 1.24 bits per heavy atom. The molecule has 100 valence electrons. The van der Waals surface area contributed by atoms with E-state index in [-0.39, 0.29) is 19.0 Å². The van der Waals surface area contributed by atoms with Crippen LogP contribution in [0.15, 0.2) is 0 Å². The zero-order valence-corrected chi connectivity index (χ0v) is 11.0. The number of carboxylic acids is 1. The first-order valence-electron chi connectivity index (χ1n) is 6.44. The van der Waals surface area contributed by atoms with E-state index in [2.05, 4.69) is 10.2 Å². The SMILES string of the molecule is Cl.O=C(O)CN1CCCCC1C1CCNCC1. The van der Waals surface area contributed by atoms with Gasteiger partial charge in [-0.1, -0.05) is 6.42 Å². The monoisotopic (exact) mass is 262 g/mol. The van der Waals surface area contributed by atoms with Gasteiger partial charge in [-0.3, -0.25) is 9.69 Å². The van der Waals surface area contributed by atoms with Gasteiger partial charge in [0.15, 0.2) is 0 Å². The van der Waals surface area contributed by atoms with E-state index in [9.17, 15) is 4.79 Å². The molecular weight excluding hydrogens is 240 g/mol. The number of halogens is 1. The van der Waals surface area contributed by atoms with Gasteiger partial charge in [0.25, 0.3) is 0 Å². The van der Waals surface area contributed by atoms with E-state index in [1.165, 1.54) is 25.7 Å². The number of aliphatic carboxylic acids is 1. The summed E-state index contributed by atoms with van der Waals surface area (Å²) in [6.45, 7) is 3.40. The molecule has 2 aliphatic heterocycles. The Bertz CT molecular complexity index is 245. The van der Waals surface area contributed by atoms with Gasteiger partial charge in [0.1, 0.15) is 0 Å². The average Bonchev–Trinajstić information content (AvgIpc) is 2.30. The third kappa shape index (κ3) is 4.12. The van der Waals surface area contributed by atoms with Gasteiger partial charge in [-0.25, -0.2) is 0 Å². The van der Waals surface area contributed by atoms with Crippen LogP contribution in [0.5, 0.6) is 0 Å². The standard InChI is InChI=1S/C12H22N2O2.ClH/c15-12(16)9-14-8-2-1-3-11(14)10-4-6-13-7-5-10;/h10-11,13H,1-9H2,(H,15,16);1H. The molecule has 2 N–H and O–H groups in total. The number of rotatable bonds is 3. The molecule has 1 unspecified atom stereocenters. The van der Waals surface area contributed by atoms with E-state index in [0.29, 0.717) is 12.0 Å². The Kier molecular flexibility index (Phi) is 6.23. The fourth-order valence-corrected chi connectivity index (χ4v) is 3.15. The predicted octanol–water partition coefficient (Wildman–Crippen LogP) is 1.35. The molecule has 0 aromatic rings. The lowest BCUT2D eigenvalue weighted by molar-refractivity contribution is -0.139. The summed E-state index contributed by atoms with van der Waals surface area (Å²) in [5, 5.41) is 12.3. The smallest absolute Gasteiger partial charge is 0.317 e. The molecule has 5 heteroatoms. The Hall–Kier alpha value is -0.320. The highest BCUT2D eigenvalue weighted by Crippen LogP contribution is 2.28. The van der Waals surface area contributed by atoms with Gasteiger partial charge in [0.05, 0.1) is 6.54 Å². The van der Waals surface area contributed by atoms with Gasteiger partial charge in [0.2, 0.25) is 0 Å². The molecule has 0 radical (unpaired) electrons. The quantitative estimate of drug-likeness (QED) is 0.806. The van der Waals surface area contributed by atoms with Crippen LogP contribution >= 0.6 is 12.4 Å². The van der Waals surface area contributed by atoms with Crippen LogP contribution in [0.3, 0.4) is 0 Å². The molecule has 2 heterocycles. The average molecular weight is 263 g/mol. The van der Waals surface area contributed by atoms with Gasteiger partial charge in [-0.05, 0) is 51.2 Å². The van der Waals surface area contributed by atoms with Crippen LogP contribution in [-0.2, 0) is 4.79 Å². The molecule has 17 heavy (non-hydrogen) atoms. The molecule has 2 fully saturated rings. The maximum Gasteiger partial charge on any atom is 0.317 e. The van der Waals surface area contributed by atoms with Crippen molar-refractivity contribution < 1.29 is 9.90 Å². The summed E-state index contributed by atoms with van der Waals surface area (Å²) in [6, 6.07) is 0.520. The molecular formula is C12H23ClN2O2. The number of piperidine rings is 2. The lowest BCUT2D eigenvalue weighted by atomic mass is 9.84. The molecule has 2 aliphatic rings. The lowest BCUT2D eigenvalue weighted by Crippen LogP contribution is -2.48. The van der Waals surface area contributed by atoms with E-state index < -0.39 is 5.97 Å². The number of carboxylic acid groups (broad SMARTS) is 1. The number of nitrogens with one attached hydrogen (secondary N) is 1.